The Morgan fingerprint density at radius 2 is 1.50 bits per heavy atom. The van der Waals surface area contributed by atoms with E-state index in [2.05, 4.69) is 13.8 Å². The Morgan fingerprint density at radius 3 is 2.04 bits per heavy atom. The molecule has 0 unspecified atom stereocenters. The summed E-state index contributed by atoms with van der Waals surface area (Å²) in [6.45, 7) is 6.05. The van der Waals surface area contributed by atoms with Gasteiger partial charge in [-0.3, -0.25) is 4.79 Å². The summed E-state index contributed by atoms with van der Waals surface area (Å²) in [6.07, 6.45) is 0. The van der Waals surface area contributed by atoms with E-state index in [4.69, 9.17) is 0 Å². The molecule has 0 radical (unpaired) electrons. The Morgan fingerprint density at radius 1 is 0.923 bits per heavy atom. The number of hydrogen-bond acceptors (Lipinski definition) is 3. The monoisotopic (exact) mass is 373 g/mol. The molecule has 1 atom stereocenters. The van der Waals surface area contributed by atoms with Crippen molar-refractivity contribution < 1.29 is 13.2 Å². The normalized spacial score (nSPS) is 12.8. The molecule has 0 fully saturated rings. The Bertz CT molecular complexity index is 827. The van der Waals surface area contributed by atoms with Gasteiger partial charge in [0.25, 0.3) is 0 Å². The lowest BCUT2D eigenvalue weighted by molar-refractivity contribution is -0.129. The number of carbonyl (C=O) groups excluding carboxylic acids is 1. The van der Waals surface area contributed by atoms with Crippen molar-refractivity contribution in [2.75, 3.05) is 7.05 Å². The van der Waals surface area contributed by atoms with E-state index >= 15 is 0 Å². The van der Waals surface area contributed by atoms with Gasteiger partial charge in [-0.2, -0.15) is 0 Å². The summed E-state index contributed by atoms with van der Waals surface area (Å²) in [5, 5.41) is -1.07. The minimum atomic E-state index is -3.57. The minimum absolute atomic E-state index is 0.128. The SMILES string of the molecule is CC(C)c1ccc(CS(=O)(=O)[C@@H](C)C(=O)N(C)Cc2ccccc2)cc1. The van der Waals surface area contributed by atoms with Crippen LogP contribution < -0.4 is 0 Å². The van der Waals surface area contributed by atoms with Gasteiger partial charge < -0.3 is 4.90 Å². The molecule has 0 N–H and O–H groups in total. The lowest BCUT2D eigenvalue weighted by atomic mass is 10.0. The van der Waals surface area contributed by atoms with Crippen LogP contribution in [0, 0.1) is 0 Å². The second-order valence-corrected chi connectivity index (χ2v) is 9.35. The van der Waals surface area contributed by atoms with E-state index in [1.807, 2.05) is 54.6 Å². The molecule has 2 aromatic rings. The van der Waals surface area contributed by atoms with Crippen molar-refractivity contribution >= 4 is 15.7 Å². The van der Waals surface area contributed by atoms with Crippen molar-refractivity contribution in [3.8, 4) is 0 Å². The molecule has 2 aromatic carbocycles. The number of amides is 1. The third-order valence-corrected chi connectivity index (χ3v) is 6.55. The van der Waals surface area contributed by atoms with E-state index in [1.165, 1.54) is 11.8 Å². The van der Waals surface area contributed by atoms with Gasteiger partial charge in [0.1, 0.15) is 5.25 Å². The molecule has 0 heterocycles. The average molecular weight is 374 g/mol. The first-order valence-electron chi connectivity index (χ1n) is 8.80. The summed E-state index contributed by atoms with van der Waals surface area (Å²) in [5.74, 6) is -0.113. The molecule has 0 aliphatic heterocycles. The van der Waals surface area contributed by atoms with Crippen LogP contribution in [0.3, 0.4) is 0 Å². The molecule has 0 aliphatic rings. The molecule has 0 saturated heterocycles. The zero-order chi connectivity index (χ0) is 19.3. The van der Waals surface area contributed by atoms with Crippen molar-refractivity contribution in [3.05, 3.63) is 71.3 Å². The van der Waals surface area contributed by atoms with E-state index < -0.39 is 15.1 Å². The van der Waals surface area contributed by atoms with Crippen molar-refractivity contribution in [1.29, 1.82) is 0 Å². The van der Waals surface area contributed by atoms with E-state index in [0.717, 1.165) is 11.1 Å². The van der Waals surface area contributed by atoms with Crippen LogP contribution in [0.25, 0.3) is 0 Å². The number of nitrogens with zero attached hydrogens (tertiary/aromatic N) is 1. The molecular formula is C21H27NO3S. The predicted molar refractivity (Wildman–Crippen MR) is 106 cm³/mol. The third-order valence-electron chi connectivity index (χ3n) is 4.54. The van der Waals surface area contributed by atoms with Crippen molar-refractivity contribution in [1.82, 2.24) is 4.90 Å². The number of benzene rings is 2. The summed E-state index contributed by atoms with van der Waals surface area (Å²) in [4.78, 5) is 14.0. The molecule has 26 heavy (non-hydrogen) atoms. The smallest absolute Gasteiger partial charge is 0.240 e. The minimum Gasteiger partial charge on any atom is -0.340 e. The van der Waals surface area contributed by atoms with Crippen LogP contribution in [-0.4, -0.2) is 31.5 Å². The van der Waals surface area contributed by atoms with E-state index in [9.17, 15) is 13.2 Å². The summed E-state index contributed by atoms with van der Waals surface area (Å²) in [7, 11) is -1.94. The largest absolute Gasteiger partial charge is 0.340 e. The second kappa shape index (κ2) is 8.49. The molecular weight excluding hydrogens is 346 g/mol. The number of sulfone groups is 1. The topological polar surface area (TPSA) is 54.5 Å². The maximum Gasteiger partial charge on any atom is 0.240 e. The molecule has 0 aliphatic carbocycles. The maximum atomic E-state index is 12.7. The van der Waals surface area contributed by atoms with Crippen molar-refractivity contribution in [2.24, 2.45) is 0 Å². The highest BCUT2D eigenvalue weighted by molar-refractivity contribution is 7.92. The van der Waals surface area contributed by atoms with Crippen molar-refractivity contribution in [3.63, 3.8) is 0 Å². The molecule has 4 nitrogen and oxygen atoms in total. The fraction of sp³-hybridized carbons (Fsp3) is 0.381. The van der Waals surface area contributed by atoms with Crippen LogP contribution in [0.1, 0.15) is 43.4 Å². The van der Waals surface area contributed by atoms with Crippen LogP contribution >= 0.6 is 0 Å². The Labute approximate surface area is 156 Å². The van der Waals surface area contributed by atoms with Crippen molar-refractivity contribution in [2.45, 2.75) is 44.2 Å². The van der Waals surface area contributed by atoms with E-state index in [0.29, 0.717) is 18.0 Å². The van der Waals surface area contributed by atoms with Crippen LogP contribution in [0.4, 0.5) is 0 Å². The molecule has 0 saturated carbocycles. The molecule has 2 rings (SSSR count). The summed E-state index contributed by atoms with van der Waals surface area (Å²) < 4.78 is 25.3. The quantitative estimate of drug-likeness (QED) is 0.742. The van der Waals surface area contributed by atoms with Gasteiger partial charge in [0, 0.05) is 13.6 Å². The third kappa shape index (κ3) is 5.18. The first kappa shape index (κ1) is 20.2. The fourth-order valence-electron chi connectivity index (χ4n) is 2.76. The molecule has 1 amide bonds. The highest BCUT2D eigenvalue weighted by atomic mass is 32.2. The Balaban J connectivity index is 2.05. The van der Waals surface area contributed by atoms with Gasteiger partial charge in [-0.1, -0.05) is 68.4 Å². The van der Waals surface area contributed by atoms with Crippen LogP contribution in [0.5, 0.6) is 0 Å². The van der Waals surface area contributed by atoms with Crippen LogP contribution in [0.15, 0.2) is 54.6 Å². The summed E-state index contributed by atoms with van der Waals surface area (Å²) >= 11 is 0. The van der Waals surface area contributed by atoms with Gasteiger partial charge >= 0.3 is 0 Å². The zero-order valence-corrected chi connectivity index (χ0v) is 16.7. The molecule has 0 bridgehead atoms. The Hall–Kier alpha value is -2.14. The molecule has 140 valence electrons. The highest BCUT2D eigenvalue weighted by Gasteiger charge is 2.30. The van der Waals surface area contributed by atoms with Gasteiger partial charge in [-0.05, 0) is 29.5 Å². The second-order valence-electron chi connectivity index (χ2n) is 7.03. The molecule has 0 aromatic heterocycles. The van der Waals surface area contributed by atoms with Gasteiger partial charge in [0.2, 0.25) is 5.91 Å². The number of hydrogen-bond donors (Lipinski definition) is 0. The lowest BCUT2D eigenvalue weighted by Gasteiger charge is -2.21. The summed E-state index contributed by atoms with van der Waals surface area (Å²) in [6, 6.07) is 17.1. The zero-order valence-electron chi connectivity index (χ0n) is 15.8. The van der Waals surface area contributed by atoms with Gasteiger partial charge in [0.15, 0.2) is 9.84 Å². The number of rotatable bonds is 7. The first-order chi connectivity index (χ1) is 12.2. The summed E-state index contributed by atoms with van der Waals surface area (Å²) in [5.41, 5.74) is 2.84. The van der Waals surface area contributed by atoms with Crippen LogP contribution in [-0.2, 0) is 26.9 Å². The van der Waals surface area contributed by atoms with Gasteiger partial charge in [-0.25, -0.2) is 8.42 Å². The predicted octanol–water partition coefficient (Wildman–Crippen LogP) is 3.77. The van der Waals surface area contributed by atoms with E-state index in [1.54, 1.807) is 7.05 Å². The van der Waals surface area contributed by atoms with E-state index in [-0.39, 0.29) is 11.7 Å². The Kier molecular flexibility index (Phi) is 6.59. The molecule has 5 heteroatoms. The average Bonchev–Trinajstić information content (AvgIpc) is 2.61. The van der Waals surface area contributed by atoms with Gasteiger partial charge in [-0.15, -0.1) is 0 Å². The fourth-order valence-corrected chi connectivity index (χ4v) is 4.15. The maximum absolute atomic E-state index is 12.7. The molecule has 0 spiro atoms. The highest BCUT2D eigenvalue weighted by Crippen LogP contribution is 2.18. The standard InChI is InChI=1S/C21H27NO3S/c1-16(2)20-12-10-19(11-13-20)15-26(24,25)17(3)21(23)22(4)14-18-8-6-5-7-9-18/h5-13,16-17H,14-15H2,1-4H3/t17-/m0/s1. The lowest BCUT2D eigenvalue weighted by Crippen LogP contribution is -2.39. The number of carbonyl (C=O) groups is 1. The first-order valence-corrected chi connectivity index (χ1v) is 10.5. The van der Waals surface area contributed by atoms with Crippen LogP contribution in [0.2, 0.25) is 0 Å². The van der Waals surface area contributed by atoms with Gasteiger partial charge in [0.05, 0.1) is 5.75 Å².